The summed E-state index contributed by atoms with van der Waals surface area (Å²) in [5, 5.41) is 10.4. The van der Waals surface area contributed by atoms with E-state index in [9.17, 15) is 9.59 Å². The maximum atomic E-state index is 13.6. The highest BCUT2D eigenvalue weighted by Gasteiger charge is 2.23. The van der Waals surface area contributed by atoms with Crippen molar-refractivity contribution in [2.75, 3.05) is 0 Å². The number of carbonyl (C=O) groups is 2. The Morgan fingerprint density at radius 2 is 1.60 bits per heavy atom. The molecule has 1 N–H and O–H groups in total. The van der Waals surface area contributed by atoms with Crippen LogP contribution in [0.25, 0.3) is 53.6 Å². The molecule has 212 valence electrons. The Bertz CT molecular complexity index is 2130. The summed E-state index contributed by atoms with van der Waals surface area (Å²) in [6.45, 7) is 5.58. The minimum absolute atomic E-state index is 0.0288. The quantitative estimate of drug-likeness (QED) is 0.205. The summed E-state index contributed by atoms with van der Waals surface area (Å²) in [7, 11) is 0. The topological polar surface area (TPSA) is 77.0 Å². The number of benzene rings is 4. The van der Waals surface area contributed by atoms with Crippen LogP contribution in [0.3, 0.4) is 0 Å². The summed E-state index contributed by atoms with van der Waals surface area (Å²) in [5.74, 6) is 0.0288. The number of ketones is 1. The van der Waals surface area contributed by atoms with Crippen molar-refractivity contribution < 1.29 is 14.3 Å². The Morgan fingerprint density at radius 3 is 2.37 bits per heavy atom. The van der Waals surface area contributed by atoms with Crippen molar-refractivity contribution in [1.82, 2.24) is 14.8 Å². The molecule has 3 heterocycles. The number of hydrogen-bond acceptors (Lipinski definition) is 5. The summed E-state index contributed by atoms with van der Waals surface area (Å²) in [5.41, 5.74) is 5.21. The minimum atomic E-state index is -0.625. The molecule has 7 aromatic rings. The number of carbonyl (C=O) groups excluding carboxylic acids is 2. The van der Waals surface area contributed by atoms with Gasteiger partial charge in [0, 0.05) is 37.9 Å². The Hall–Kier alpha value is -5.01. The van der Waals surface area contributed by atoms with Crippen LogP contribution < -0.4 is 0 Å². The number of nitrogens with one attached hydrogen (secondary N) is 1. The first-order valence-corrected chi connectivity index (χ1v) is 15.0. The zero-order valence-electron chi connectivity index (χ0n) is 24.0. The summed E-state index contributed by atoms with van der Waals surface area (Å²) in [4.78, 5) is 27.9. The van der Waals surface area contributed by atoms with Crippen LogP contribution in [-0.4, -0.2) is 32.2 Å². The molecule has 43 heavy (non-hydrogen) atoms. The molecule has 6 nitrogen and oxygen atoms in total. The fourth-order valence-electron chi connectivity index (χ4n) is 5.48. The molecule has 0 fully saturated rings. The van der Waals surface area contributed by atoms with Gasteiger partial charge in [-0.15, -0.1) is 11.3 Å². The number of nitrogens with zero attached hydrogens (tertiary/aromatic N) is 2. The second kappa shape index (κ2) is 10.4. The predicted octanol–water partition coefficient (Wildman–Crippen LogP) is 9.27. The van der Waals surface area contributed by atoms with Gasteiger partial charge in [0.15, 0.2) is 5.78 Å². The van der Waals surface area contributed by atoms with Crippen LogP contribution in [0.5, 0.6) is 0 Å². The molecule has 0 bridgehead atoms. The van der Waals surface area contributed by atoms with Gasteiger partial charge in [-0.25, -0.2) is 9.36 Å². The van der Waals surface area contributed by atoms with E-state index >= 15 is 0 Å². The average molecular weight is 584 g/mol. The summed E-state index contributed by atoms with van der Waals surface area (Å²) < 4.78 is 8.56. The molecular weight excluding hydrogens is 554 g/mol. The molecule has 0 aliphatic heterocycles. The van der Waals surface area contributed by atoms with Crippen molar-refractivity contribution in [1.29, 1.82) is 0 Å². The van der Waals surface area contributed by atoms with Gasteiger partial charge >= 0.3 is 6.09 Å². The number of H-pyrrole nitrogens is 1. The van der Waals surface area contributed by atoms with E-state index in [1.165, 1.54) is 10.1 Å². The van der Waals surface area contributed by atoms with Crippen molar-refractivity contribution in [3.63, 3.8) is 0 Å². The largest absolute Gasteiger partial charge is 0.443 e. The standard InChI is InChI=1S/C36H29N3O3S/c1-36(2,3)42-35(41)39-29-10-6-4-8-24(29)19-30(39)23-14-12-22(13-15-23)16-31(40)26-17-27-21-37-38-34(27)28(18-26)33-20-25-9-5-7-11-32(25)43-33/h4-15,17-21H,16H2,1-3H3,(H,37,38). The van der Waals surface area contributed by atoms with E-state index in [1.54, 1.807) is 22.1 Å². The van der Waals surface area contributed by atoms with Gasteiger partial charge < -0.3 is 4.74 Å². The zero-order valence-corrected chi connectivity index (χ0v) is 24.9. The van der Waals surface area contributed by atoms with Crippen LogP contribution >= 0.6 is 11.3 Å². The molecule has 0 amide bonds. The molecule has 0 spiro atoms. The number of thiophene rings is 1. The van der Waals surface area contributed by atoms with Crippen LogP contribution in [0, 0.1) is 0 Å². The van der Waals surface area contributed by atoms with Gasteiger partial charge in [-0.2, -0.15) is 5.10 Å². The van der Waals surface area contributed by atoms with Crippen molar-refractivity contribution in [3.8, 4) is 21.7 Å². The number of rotatable bonds is 5. The van der Waals surface area contributed by atoms with E-state index in [4.69, 9.17) is 4.74 Å². The first-order chi connectivity index (χ1) is 20.7. The van der Waals surface area contributed by atoms with Crippen molar-refractivity contribution in [2.45, 2.75) is 32.8 Å². The predicted molar refractivity (Wildman–Crippen MR) is 174 cm³/mol. The van der Waals surface area contributed by atoms with Crippen LogP contribution in [0.15, 0.2) is 103 Å². The molecule has 0 aliphatic rings. The zero-order chi connectivity index (χ0) is 29.7. The molecule has 3 aromatic heterocycles. The van der Waals surface area contributed by atoms with Gasteiger partial charge in [-0.05, 0) is 73.7 Å². The van der Waals surface area contributed by atoms with E-state index in [0.717, 1.165) is 49.1 Å². The number of aromatic amines is 1. The Balaban J connectivity index is 1.19. The van der Waals surface area contributed by atoms with Crippen molar-refractivity contribution in [3.05, 3.63) is 114 Å². The Morgan fingerprint density at radius 1 is 0.860 bits per heavy atom. The molecule has 4 aromatic carbocycles. The first-order valence-electron chi connectivity index (χ1n) is 14.2. The molecule has 0 radical (unpaired) electrons. The molecular formula is C36H29N3O3S. The maximum absolute atomic E-state index is 13.6. The lowest BCUT2D eigenvalue weighted by Crippen LogP contribution is -2.27. The number of para-hydroxylation sites is 1. The van der Waals surface area contributed by atoms with E-state index in [1.807, 2.05) is 99.6 Å². The lowest BCUT2D eigenvalue weighted by molar-refractivity contribution is 0.0547. The lowest BCUT2D eigenvalue weighted by atomic mass is 9.98. The third-order valence-corrected chi connectivity index (χ3v) is 8.61. The molecule has 0 saturated carbocycles. The van der Waals surface area contributed by atoms with E-state index in [2.05, 4.69) is 28.4 Å². The second-order valence-corrected chi connectivity index (χ2v) is 12.8. The molecule has 7 heteroatoms. The van der Waals surface area contributed by atoms with Crippen LogP contribution in [-0.2, 0) is 11.2 Å². The number of aromatic nitrogens is 3. The molecule has 0 unspecified atom stereocenters. The third-order valence-electron chi connectivity index (χ3n) is 7.46. The first kappa shape index (κ1) is 26.9. The monoisotopic (exact) mass is 583 g/mol. The summed E-state index contributed by atoms with van der Waals surface area (Å²) >= 11 is 1.71. The van der Waals surface area contributed by atoms with Gasteiger partial charge in [0.2, 0.25) is 0 Å². The van der Waals surface area contributed by atoms with Gasteiger partial charge in [-0.1, -0.05) is 60.7 Å². The molecule has 0 aliphatic carbocycles. The van der Waals surface area contributed by atoms with Crippen LogP contribution in [0.1, 0.15) is 36.7 Å². The number of fused-ring (bicyclic) bond motifs is 3. The van der Waals surface area contributed by atoms with Gasteiger partial charge in [0.25, 0.3) is 0 Å². The SMILES string of the molecule is CC(C)(C)OC(=O)n1c(-c2ccc(CC(=O)c3cc(-c4cc5ccccc5s4)c4[nH]ncc4c3)cc2)cc2ccccc21. The fraction of sp³-hybridized carbons (Fsp3) is 0.139. The Labute approximate surface area is 252 Å². The normalized spacial score (nSPS) is 11.9. The third kappa shape index (κ3) is 5.13. The number of Topliss-reactive ketones (excluding diaryl/α,β-unsaturated/α-hetero) is 1. The maximum Gasteiger partial charge on any atom is 0.419 e. The number of ether oxygens (including phenoxy) is 1. The van der Waals surface area contributed by atoms with Crippen LogP contribution in [0.4, 0.5) is 4.79 Å². The van der Waals surface area contributed by atoms with Gasteiger partial charge in [-0.3, -0.25) is 9.89 Å². The minimum Gasteiger partial charge on any atom is -0.443 e. The second-order valence-electron chi connectivity index (χ2n) is 11.7. The summed E-state index contributed by atoms with van der Waals surface area (Å²) in [6, 6.07) is 31.9. The summed E-state index contributed by atoms with van der Waals surface area (Å²) in [6.07, 6.45) is 1.60. The van der Waals surface area contributed by atoms with E-state index in [-0.39, 0.29) is 12.2 Å². The van der Waals surface area contributed by atoms with Crippen LogP contribution in [0.2, 0.25) is 0 Å². The molecule has 7 rings (SSSR count). The molecule has 0 atom stereocenters. The lowest BCUT2D eigenvalue weighted by Gasteiger charge is -2.21. The average Bonchev–Trinajstić information content (AvgIpc) is 3.72. The van der Waals surface area contributed by atoms with Crippen molar-refractivity contribution in [2.24, 2.45) is 0 Å². The fourth-order valence-corrected chi connectivity index (χ4v) is 6.56. The van der Waals surface area contributed by atoms with E-state index < -0.39 is 11.7 Å². The van der Waals surface area contributed by atoms with Gasteiger partial charge in [0.1, 0.15) is 5.60 Å². The smallest absolute Gasteiger partial charge is 0.419 e. The van der Waals surface area contributed by atoms with Gasteiger partial charge in [0.05, 0.1) is 22.9 Å². The highest BCUT2D eigenvalue weighted by molar-refractivity contribution is 7.22. The Kier molecular flexibility index (Phi) is 6.47. The number of hydrogen-bond donors (Lipinski definition) is 1. The molecule has 0 saturated heterocycles. The highest BCUT2D eigenvalue weighted by atomic mass is 32.1. The van der Waals surface area contributed by atoms with Crippen molar-refractivity contribution >= 4 is 55.1 Å². The highest BCUT2D eigenvalue weighted by Crippen LogP contribution is 2.37. The van der Waals surface area contributed by atoms with E-state index in [0.29, 0.717) is 5.56 Å².